The number of methoxy groups -OCH3 is 1. The molecule has 98 valence electrons. The Morgan fingerprint density at radius 2 is 2.11 bits per heavy atom. The van der Waals surface area contributed by atoms with E-state index in [9.17, 15) is 0 Å². The molecule has 0 atom stereocenters. The molecule has 3 nitrogen and oxygen atoms in total. The van der Waals surface area contributed by atoms with E-state index in [0.29, 0.717) is 0 Å². The SMILES string of the molecule is COc1cccc(C2(C3(CN)CCC3)COC2)c1. The van der Waals surface area contributed by atoms with E-state index in [0.717, 1.165) is 25.5 Å². The lowest BCUT2D eigenvalue weighted by Crippen LogP contribution is -2.64. The highest BCUT2D eigenvalue weighted by molar-refractivity contribution is 5.38. The Morgan fingerprint density at radius 3 is 2.56 bits per heavy atom. The molecule has 2 fully saturated rings. The van der Waals surface area contributed by atoms with Crippen molar-refractivity contribution < 1.29 is 9.47 Å². The molecule has 1 saturated carbocycles. The van der Waals surface area contributed by atoms with Gasteiger partial charge in [0.25, 0.3) is 0 Å². The fourth-order valence-corrected chi connectivity index (χ4v) is 3.49. The van der Waals surface area contributed by atoms with Gasteiger partial charge in [-0.25, -0.2) is 0 Å². The van der Waals surface area contributed by atoms with Crippen molar-refractivity contribution in [3.63, 3.8) is 0 Å². The molecule has 1 aromatic carbocycles. The predicted octanol–water partition coefficient (Wildman–Crippen LogP) is 2.09. The van der Waals surface area contributed by atoms with Gasteiger partial charge in [-0.05, 0) is 42.5 Å². The normalized spacial score (nSPS) is 23.9. The first-order valence-electron chi connectivity index (χ1n) is 6.69. The maximum Gasteiger partial charge on any atom is 0.119 e. The van der Waals surface area contributed by atoms with Gasteiger partial charge in [0.05, 0.1) is 20.3 Å². The Balaban J connectivity index is 2.00. The summed E-state index contributed by atoms with van der Waals surface area (Å²) in [5, 5.41) is 0. The first-order chi connectivity index (χ1) is 8.76. The fraction of sp³-hybridized carbons (Fsp3) is 0.600. The molecule has 0 bridgehead atoms. The predicted molar refractivity (Wildman–Crippen MR) is 70.8 cm³/mol. The maximum atomic E-state index is 6.09. The van der Waals surface area contributed by atoms with Crippen LogP contribution in [-0.4, -0.2) is 26.9 Å². The Hall–Kier alpha value is -1.06. The summed E-state index contributed by atoms with van der Waals surface area (Å²) >= 11 is 0. The van der Waals surface area contributed by atoms with Crippen LogP contribution in [0.4, 0.5) is 0 Å². The van der Waals surface area contributed by atoms with Crippen LogP contribution in [0, 0.1) is 5.41 Å². The van der Waals surface area contributed by atoms with Crippen LogP contribution in [0.3, 0.4) is 0 Å². The molecular weight excluding hydrogens is 226 g/mol. The summed E-state index contributed by atoms with van der Waals surface area (Å²) in [6, 6.07) is 8.41. The third-order valence-corrected chi connectivity index (χ3v) is 5.04. The number of hydrogen-bond donors (Lipinski definition) is 1. The molecule has 2 aliphatic rings. The lowest BCUT2D eigenvalue weighted by atomic mass is 9.50. The Kier molecular flexibility index (Phi) is 2.83. The van der Waals surface area contributed by atoms with Gasteiger partial charge in [-0.1, -0.05) is 18.6 Å². The van der Waals surface area contributed by atoms with E-state index in [4.69, 9.17) is 15.2 Å². The van der Waals surface area contributed by atoms with E-state index in [1.165, 1.54) is 24.8 Å². The minimum absolute atomic E-state index is 0.120. The highest BCUT2D eigenvalue weighted by Crippen LogP contribution is 2.58. The molecular formula is C15H21NO2. The largest absolute Gasteiger partial charge is 0.497 e. The second-order valence-electron chi connectivity index (χ2n) is 5.64. The third-order valence-electron chi connectivity index (χ3n) is 5.04. The first kappa shape index (κ1) is 12.0. The minimum atomic E-state index is 0.120. The van der Waals surface area contributed by atoms with Crippen LogP contribution in [0.2, 0.25) is 0 Å². The van der Waals surface area contributed by atoms with Crippen molar-refractivity contribution in [3.05, 3.63) is 29.8 Å². The van der Waals surface area contributed by atoms with E-state index in [1.54, 1.807) is 7.11 Å². The molecule has 0 spiro atoms. The summed E-state index contributed by atoms with van der Waals surface area (Å²) in [6.07, 6.45) is 3.75. The summed E-state index contributed by atoms with van der Waals surface area (Å²) in [7, 11) is 1.71. The summed E-state index contributed by atoms with van der Waals surface area (Å²) in [6.45, 7) is 2.36. The lowest BCUT2D eigenvalue weighted by molar-refractivity contribution is -0.154. The van der Waals surface area contributed by atoms with Crippen LogP contribution < -0.4 is 10.5 Å². The Bertz CT molecular complexity index is 430. The van der Waals surface area contributed by atoms with Crippen molar-refractivity contribution in [2.24, 2.45) is 11.1 Å². The van der Waals surface area contributed by atoms with Crippen LogP contribution in [0.1, 0.15) is 24.8 Å². The minimum Gasteiger partial charge on any atom is -0.497 e. The Labute approximate surface area is 108 Å². The number of benzene rings is 1. The van der Waals surface area contributed by atoms with Crippen LogP contribution in [0.15, 0.2) is 24.3 Å². The molecule has 1 saturated heterocycles. The van der Waals surface area contributed by atoms with E-state index in [-0.39, 0.29) is 10.8 Å². The molecule has 0 aromatic heterocycles. The van der Waals surface area contributed by atoms with Gasteiger partial charge < -0.3 is 15.2 Å². The molecule has 0 radical (unpaired) electrons. The average molecular weight is 247 g/mol. The summed E-state index contributed by atoms with van der Waals surface area (Å²) < 4.78 is 10.9. The molecule has 18 heavy (non-hydrogen) atoms. The van der Waals surface area contributed by atoms with Crippen molar-refractivity contribution in [2.75, 3.05) is 26.9 Å². The van der Waals surface area contributed by atoms with Gasteiger partial charge in [0, 0.05) is 5.41 Å². The molecule has 0 amide bonds. The molecule has 1 heterocycles. The average Bonchev–Trinajstić information content (AvgIpc) is 2.31. The monoisotopic (exact) mass is 247 g/mol. The quantitative estimate of drug-likeness (QED) is 0.886. The molecule has 1 aliphatic carbocycles. The molecule has 1 aliphatic heterocycles. The zero-order valence-electron chi connectivity index (χ0n) is 10.9. The van der Waals surface area contributed by atoms with Crippen LogP contribution in [-0.2, 0) is 10.2 Å². The zero-order valence-corrected chi connectivity index (χ0v) is 10.9. The highest BCUT2D eigenvalue weighted by Gasteiger charge is 2.58. The van der Waals surface area contributed by atoms with Crippen LogP contribution in [0.25, 0.3) is 0 Å². The van der Waals surface area contributed by atoms with E-state index in [1.807, 2.05) is 6.07 Å². The van der Waals surface area contributed by atoms with Crippen LogP contribution >= 0.6 is 0 Å². The van der Waals surface area contributed by atoms with Crippen LogP contribution in [0.5, 0.6) is 5.75 Å². The van der Waals surface area contributed by atoms with Crippen molar-refractivity contribution in [1.29, 1.82) is 0 Å². The van der Waals surface area contributed by atoms with Crippen molar-refractivity contribution in [1.82, 2.24) is 0 Å². The standard InChI is InChI=1S/C15H21NO2/c1-17-13-5-2-4-12(8-13)15(10-18-11-15)14(9-16)6-3-7-14/h2,4-5,8H,3,6-7,9-11,16H2,1H3. The van der Waals surface area contributed by atoms with E-state index >= 15 is 0 Å². The fourth-order valence-electron chi connectivity index (χ4n) is 3.49. The second kappa shape index (κ2) is 4.25. The maximum absolute atomic E-state index is 6.09. The molecule has 2 N–H and O–H groups in total. The van der Waals surface area contributed by atoms with E-state index in [2.05, 4.69) is 18.2 Å². The van der Waals surface area contributed by atoms with Gasteiger partial charge in [-0.15, -0.1) is 0 Å². The molecule has 3 heteroatoms. The van der Waals surface area contributed by atoms with Gasteiger partial charge in [0.15, 0.2) is 0 Å². The van der Waals surface area contributed by atoms with Gasteiger partial charge >= 0.3 is 0 Å². The van der Waals surface area contributed by atoms with Gasteiger partial charge in [0.1, 0.15) is 5.75 Å². The topological polar surface area (TPSA) is 44.5 Å². The number of nitrogens with two attached hydrogens (primary N) is 1. The zero-order chi connectivity index (χ0) is 12.6. The third kappa shape index (κ3) is 1.44. The molecule has 0 unspecified atom stereocenters. The number of ether oxygens (including phenoxy) is 2. The van der Waals surface area contributed by atoms with Crippen molar-refractivity contribution in [2.45, 2.75) is 24.7 Å². The van der Waals surface area contributed by atoms with E-state index < -0.39 is 0 Å². The van der Waals surface area contributed by atoms with Crippen molar-refractivity contribution in [3.8, 4) is 5.75 Å². The van der Waals surface area contributed by atoms with Gasteiger partial charge in [-0.3, -0.25) is 0 Å². The highest BCUT2D eigenvalue weighted by atomic mass is 16.5. The molecule has 1 aromatic rings. The van der Waals surface area contributed by atoms with Gasteiger partial charge in [-0.2, -0.15) is 0 Å². The van der Waals surface area contributed by atoms with Gasteiger partial charge in [0.2, 0.25) is 0 Å². The summed E-state index contributed by atoms with van der Waals surface area (Å²) in [4.78, 5) is 0. The Morgan fingerprint density at radius 1 is 1.33 bits per heavy atom. The smallest absolute Gasteiger partial charge is 0.119 e. The lowest BCUT2D eigenvalue weighted by Gasteiger charge is -2.60. The van der Waals surface area contributed by atoms with Crippen molar-refractivity contribution >= 4 is 0 Å². The number of hydrogen-bond acceptors (Lipinski definition) is 3. The second-order valence-corrected chi connectivity index (χ2v) is 5.64. The number of rotatable bonds is 4. The first-order valence-corrected chi connectivity index (χ1v) is 6.69. The summed E-state index contributed by atoms with van der Waals surface area (Å²) in [5.41, 5.74) is 7.78. The summed E-state index contributed by atoms with van der Waals surface area (Å²) in [5.74, 6) is 0.922. The molecule has 3 rings (SSSR count).